The van der Waals surface area contributed by atoms with Crippen LogP contribution in [-0.4, -0.2) is 22.9 Å². The number of hydrogen-bond donors (Lipinski definition) is 1. The molecule has 4 nitrogen and oxygen atoms in total. The second-order valence-corrected chi connectivity index (χ2v) is 4.02. The molecule has 0 fully saturated rings. The third kappa shape index (κ3) is 1.50. The SMILES string of the molecule is Cc1ccsc1C1=NOC(C(=O)O)C1. The molecule has 1 aromatic heterocycles. The first kappa shape index (κ1) is 9.21. The number of nitrogens with zero attached hydrogens (tertiary/aromatic N) is 1. The highest BCUT2D eigenvalue weighted by Gasteiger charge is 2.29. The van der Waals surface area contributed by atoms with Crippen molar-refractivity contribution in [3.8, 4) is 0 Å². The standard InChI is InChI=1S/C9H9NO3S/c1-5-2-3-14-8(5)6-4-7(9(11)12)13-10-6/h2-3,7H,4H2,1H3,(H,11,12). The number of carboxylic acids is 1. The maximum Gasteiger partial charge on any atom is 0.348 e. The van der Waals surface area contributed by atoms with Crippen LogP contribution in [0.25, 0.3) is 0 Å². The molecule has 1 aromatic rings. The van der Waals surface area contributed by atoms with E-state index in [4.69, 9.17) is 9.94 Å². The van der Waals surface area contributed by atoms with Gasteiger partial charge in [0.1, 0.15) is 5.71 Å². The molecular weight excluding hydrogens is 202 g/mol. The zero-order valence-corrected chi connectivity index (χ0v) is 8.37. The Hall–Kier alpha value is -1.36. The lowest BCUT2D eigenvalue weighted by Crippen LogP contribution is -2.19. The van der Waals surface area contributed by atoms with Crippen molar-refractivity contribution in [2.24, 2.45) is 5.16 Å². The quantitative estimate of drug-likeness (QED) is 0.808. The molecule has 2 rings (SSSR count). The van der Waals surface area contributed by atoms with Crippen molar-refractivity contribution >= 4 is 23.0 Å². The smallest absolute Gasteiger partial charge is 0.348 e. The Kier molecular flexibility index (Phi) is 2.25. The summed E-state index contributed by atoms with van der Waals surface area (Å²) in [6, 6.07) is 1.98. The molecule has 1 unspecified atom stereocenters. The van der Waals surface area contributed by atoms with Crippen LogP contribution in [-0.2, 0) is 9.63 Å². The van der Waals surface area contributed by atoms with Gasteiger partial charge in [0.05, 0.1) is 4.88 Å². The molecule has 5 heteroatoms. The number of hydrogen-bond acceptors (Lipinski definition) is 4. The molecule has 74 valence electrons. The van der Waals surface area contributed by atoms with Gasteiger partial charge in [-0.1, -0.05) is 5.16 Å². The third-order valence-corrected chi connectivity index (χ3v) is 3.13. The summed E-state index contributed by atoms with van der Waals surface area (Å²) in [4.78, 5) is 16.4. The molecular formula is C9H9NO3S. The van der Waals surface area contributed by atoms with Crippen molar-refractivity contribution in [3.63, 3.8) is 0 Å². The Labute approximate surface area is 84.8 Å². The van der Waals surface area contributed by atoms with Gasteiger partial charge in [-0.05, 0) is 23.9 Å². The monoisotopic (exact) mass is 211 g/mol. The van der Waals surface area contributed by atoms with Gasteiger partial charge in [-0.15, -0.1) is 11.3 Å². The second-order valence-electron chi connectivity index (χ2n) is 3.11. The third-order valence-electron chi connectivity index (χ3n) is 2.07. The molecule has 0 spiro atoms. The van der Waals surface area contributed by atoms with Gasteiger partial charge in [-0.25, -0.2) is 4.79 Å². The number of carbonyl (C=O) groups is 1. The lowest BCUT2D eigenvalue weighted by Gasteiger charge is -1.99. The Morgan fingerprint density at radius 1 is 1.79 bits per heavy atom. The molecule has 0 amide bonds. The fraction of sp³-hybridized carbons (Fsp3) is 0.333. The summed E-state index contributed by atoms with van der Waals surface area (Å²) in [6.45, 7) is 1.97. The summed E-state index contributed by atoms with van der Waals surface area (Å²) in [5, 5.41) is 14.5. The number of oxime groups is 1. The molecule has 0 radical (unpaired) electrons. The molecule has 1 aliphatic heterocycles. The highest BCUT2D eigenvalue weighted by atomic mass is 32.1. The molecule has 1 aliphatic rings. The molecule has 0 aromatic carbocycles. The van der Waals surface area contributed by atoms with Crippen LogP contribution in [0.1, 0.15) is 16.9 Å². The van der Waals surface area contributed by atoms with Crippen LogP contribution in [0.15, 0.2) is 16.6 Å². The molecule has 0 bridgehead atoms. The van der Waals surface area contributed by atoms with E-state index in [9.17, 15) is 4.79 Å². The fourth-order valence-electron chi connectivity index (χ4n) is 1.31. The molecule has 0 saturated carbocycles. The van der Waals surface area contributed by atoms with Gasteiger partial charge in [0, 0.05) is 6.42 Å². The van der Waals surface area contributed by atoms with Crippen LogP contribution in [0.3, 0.4) is 0 Å². The lowest BCUT2D eigenvalue weighted by molar-refractivity contribution is -0.148. The number of carboxylic acid groups (broad SMARTS) is 1. The van der Waals surface area contributed by atoms with E-state index >= 15 is 0 Å². The molecule has 14 heavy (non-hydrogen) atoms. The van der Waals surface area contributed by atoms with E-state index in [1.807, 2.05) is 18.4 Å². The topological polar surface area (TPSA) is 58.9 Å². The van der Waals surface area contributed by atoms with Crippen molar-refractivity contribution in [2.75, 3.05) is 0 Å². The van der Waals surface area contributed by atoms with E-state index in [1.54, 1.807) is 11.3 Å². The predicted octanol–water partition coefficient (Wildman–Crippen LogP) is 1.63. The first-order valence-corrected chi connectivity index (χ1v) is 5.06. The number of rotatable bonds is 2. The highest BCUT2D eigenvalue weighted by Crippen LogP contribution is 2.23. The maximum atomic E-state index is 10.6. The van der Waals surface area contributed by atoms with Gasteiger partial charge in [-0.2, -0.15) is 0 Å². The number of aryl methyl sites for hydroxylation is 1. The van der Waals surface area contributed by atoms with Gasteiger partial charge < -0.3 is 9.94 Å². The van der Waals surface area contributed by atoms with Crippen molar-refractivity contribution in [1.82, 2.24) is 0 Å². The fourth-order valence-corrected chi connectivity index (χ4v) is 2.23. The summed E-state index contributed by atoms with van der Waals surface area (Å²) in [6.07, 6.45) is -0.456. The molecule has 1 atom stereocenters. The Morgan fingerprint density at radius 2 is 2.57 bits per heavy atom. The van der Waals surface area contributed by atoms with Crippen LogP contribution in [0.4, 0.5) is 0 Å². The van der Waals surface area contributed by atoms with Gasteiger partial charge in [0.25, 0.3) is 0 Å². The zero-order valence-electron chi connectivity index (χ0n) is 7.56. The summed E-state index contributed by atoms with van der Waals surface area (Å²) in [5.74, 6) is -0.960. The number of aliphatic carboxylic acids is 1. The van der Waals surface area contributed by atoms with Crippen molar-refractivity contribution in [2.45, 2.75) is 19.4 Å². The van der Waals surface area contributed by atoms with E-state index in [-0.39, 0.29) is 0 Å². The molecule has 0 aliphatic carbocycles. The van der Waals surface area contributed by atoms with E-state index < -0.39 is 12.1 Å². The summed E-state index contributed by atoms with van der Waals surface area (Å²) in [5.41, 5.74) is 1.85. The minimum atomic E-state index is -0.960. The van der Waals surface area contributed by atoms with Gasteiger partial charge in [-0.3, -0.25) is 0 Å². The summed E-state index contributed by atoms with van der Waals surface area (Å²) in [7, 11) is 0. The van der Waals surface area contributed by atoms with E-state index in [0.717, 1.165) is 16.2 Å². The maximum absolute atomic E-state index is 10.6. The summed E-state index contributed by atoms with van der Waals surface area (Å²) >= 11 is 1.56. The van der Waals surface area contributed by atoms with Crippen molar-refractivity contribution in [3.05, 3.63) is 21.9 Å². The lowest BCUT2D eigenvalue weighted by atomic mass is 10.1. The van der Waals surface area contributed by atoms with E-state index in [0.29, 0.717) is 6.42 Å². The Bertz CT molecular complexity index is 397. The minimum absolute atomic E-state index is 0.358. The number of thiophene rings is 1. The van der Waals surface area contributed by atoms with Crippen LogP contribution in [0, 0.1) is 6.92 Å². The average molecular weight is 211 g/mol. The zero-order chi connectivity index (χ0) is 10.1. The first-order valence-electron chi connectivity index (χ1n) is 4.18. The second kappa shape index (κ2) is 3.42. The van der Waals surface area contributed by atoms with E-state index in [2.05, 4.69) is 5.16 Å². The van der Waals surface area contributed by atoms with Crippen molar-refractivity contribution in [1.29, 1.82) is 0 Å². The van der Waals surface area contributed by atoms with Gasteiger partial charge in [0.2, 0.25) is 6.10 Å². The normalized spacial score (nSPS) is 20.4. The molecule has 2 heterocycles. The average Bonchev–Trinajstić information content (AvgIpc) is 2.71. The highest BCUT2D eigenvalue weighted by molar-refractivity contribution is 7.12. The summed E-state index contributed by atoms with van der Waals surface area (Å²) < 4.78 is 0. The van der Waals surface area contributed by atoms with Crippen LogP contribution in [0.2, 0.25) is 0 Å². The molecule has 1 N–H and O–H groups in total. The first-order chi connectivity index (χ1) is 6.68. The predicted molar refractivity (Wildman–Crippen MR) is 52.7 cm³/mol. The Morgan fingerprint density at radius 3 is 3.07 bits per heavy atom. The van der Waals surface area contributed by atoms with Crippen LogP contribution >= 0.6 is 11.3 Å². The van der Waals surface area contributed by atoms with Gasteiger partial charge in [0.15, 0.2) is 0 Å². The largest absolute Gasteiger partial charge is 0.478 e. The Balaban J connectivity index is 2.17. The van der Waals surface area contributed by atoms with Crippen molar-refractivity contribution < 1.29 is 14.7 Å². The van der Waals surface area contributed by atoms with Crippen LogP contribution < -0.4 is 0 Å². The molecule has 0 saturated heterocycles. The van der Waals surface area contributed by atoms with E-state index in [1.165, 1.54) is 0 Å². The van der Waals surface area contributed by atoms with Gasteiger partial charge >= 0.3 is 5.97 Å². The van der Waals surface area contributed by atoms with Crippen LogP contribution in [0.5, 0.6) is 0 Å². The minimum Gasteiger partial charge on any atom is -0.478 e.